The van der Waals surface area contributed by atoms with Gasteiger partial charge in [0.15, 0.2) is 5.60 Å². The largest absolute Gasteiger partial charge is 0.375 e. The molecule has 0 aliphatic carbocycles. The predicted octanol–water partition coefficient (Wildman–Crippen LogP) is 2.32. The topological polar surface area (TPSA) is 40.5 Å². The molecule has 3 nitrogen and oxygen atoms in total. The average molecular weight is 247 g/mol. The van der Waals surface area contributed by atoms with Crippen molar-refractivity contribution in [1.29, 1.82) is 0 Å². The fraction of sp³-hybridized carbons (Fsp3) is 0.400. The van der Waals surface area contributed by atoms with Crippen LogP contribution in [0.4, 0.5) is 0 Å². The Morgan fingerprint density at radius 1 is 1.33 bits per heavy atom. The number of benzene rings is 1. The van der Waals surface area contributed by atoms with Crippen LogP contribution in [0.3, 0.4) is 0 Å². The Morgan fingerprint density at radius 3 is 2.33 bits per heavy atom. The molecule has 98 valence electrons. The van der Waals surface area contributed by atoms with Crippen molar-refractivity contribution in [1.82, 2.24) is 4.90 Å². The summed E-state index contributed by atoms with van der Waals surface area (Å²) in [5, 5.41) is 10.7. The molecule has 1 unspecified atom stereocenters. The summed E-state index contributed by atoms with van der Waals surface area (Å²) >= 11 is 0. The molecule has 0 fully saturated rings. The van der Waals surface area contributed by atoms with E-state index in [1.807, 2.05) is 32.0 Å². The number of amides is 1. The van der Waals surface area contributed by atoms with Crippen LogP contribution in [-0.4, -0.2) is 29.0 Å². The zero-order chi connectivity index (χ0) is 13.6. The Labute approximate surface area is 109 Å². The zero-order valence-electron chi connectivity index (χ0n) is 11.1. The van der Waals surface area contributed by atoms with Gasteiger partial charge in [0.1, 0.15) is 0 Å². The summed E-state index contributed by atoms with van der Waals surface area (Å²) in [5.74, 6) is -0.265. The van der Waals surface area contributed by atoms with Gasteiger partial charge in [-0.3, -0.25) is 4.79 Å². The lowest BCUT2D eigenvalue weighted by Crippen LogP contribution is -2.46. The average Bonchev–Trinajstić information content (AvgIpc) is 2.41. The van der Waals surface area contributed by atoms with Gasteiger partial charge in [0.25, 0.3) is 5.91 Å². The van der Waals surface area contributed by atoms with Gasteiger partial charge in [-0.1, -0.05) is 36.4 Å². The number of rotatable bonds is 6. The van der Waals surface area contributed by atoms with Gasteiger partial charge in [-0.25, -0.2) is 0 Å². The van der Waals surface area contributed by atoms with Crippen molar-refractivity contribution < 1.29 is 9.90 Å². The van der Waals surface area contributed by atoms with Crippen LogP contribution in [0, 0.1) is 0 Å². The Kier molecular flexibility index (Phi) is 5.10. The molecule has 0 heterocycles. The van der Waals surface area contributed by atoms with Crippen LogP contribution >= 0.6 is 0 Å². The maximum atomic E-state index is 12.4. The maximum absolute atomic E-state index is 12.4. The second-order valence-corrected chi connectivity index (χ2v) is 4.20. The van der Waals surface area contributed by atoms with Crippen molar-refractivity contribution in [3.8, 4) is 0 Å². The molecule has 0 saturated heterocycles. The third-order valence-corrected chi connectivity index (χ3v) is 3.10. The van der Waals surface area contributed by atoms with E-state index in [2.05, 4.69) is 6.58 Å². The van der Waals surface area contributed by atoms with Gasteiger partial charge in [-0.2, -0.15) is 0 Å². The summed E-state index contributed by atoms with van der Waals surface area (Å²) in [6.07, 6.45) is 1.79. The van der Waals surface area contributed by atoms with Gasteiger partial charge < -0.3 is 10.0 Å². The van der Waals surface area contributed by atoms with Crippen LogP contribution in [0.1, 0.15) is 25.8 Å². The molecule has 1 N–H and O–H groups in total. The molecule has 1 aromatic carbocycles. The first-order valence-corrected chi connectivity index (χ1v) is 6.28. The van der Waals surface area contributed by atoms with E-state index >= 15 is 0 Å². The van der Waals surface area contributed by atoms with E-state index in [0.717, 1.165) is 0 Å². The number of hydrogen-bond donors (Lipinski definition) is 1. The van der Waals surface area contributed by atoms with Crippen LogP contribution in [0.2, 0.25) is 0 Å². The number of carbonyl (C=O) groups is 1. The highest BCUT2D eigenvalue weighted by Crippen LogP contribution is 2.27. The standard InChI is InChI=1S/C15H21NO2/c1-4-12-15(18,13-10-8-7-9-11-13)14(17)16(5-2)6-3/h4,7-11,18H,1,5-6,12H2,2-3H3. The fourth-order valence-corrected chi connectivity index (χ4v) is 2.02. The third kappa shape index (κ3) is 2.79. The lowest BCUT2D eigenvalue weighted by molar-refractivity contribution is -0.151. The Morgan fingerprint density at radius 2 is 1.89 bits per heavy atom. The first-order chi connectivity index (χ1) is 8.60. The summed E-state index contributed by atoms with van der Waals surface area (Å²) in [6, 6.07) is 9.04. The van der Waals surface area contributed by atoms with Crippen molar-refractivity contribution in [2.24, 2.45) is 0 Å². The highest BCUT2D eigenvalue weighted by molar-refractivity contribution is 5.86. The summed E-state index contributed by atoms with van der Waals surface area (Å²) in [4.78, 5) is 14.1. The SMILES string of the molecule is C=CCC(O)(C(=O)N(CC)CC)c1ccccc1. The third-order valence-electron chi connectivity index (χ3n) is 3.10. The molecule has 0 aromatic heterocycles. The van der Waals surface area contributed by atoms with Gasteiger partial charge in [-0.15, -0.1) is 6.58 Å². The van der Waals surface area contributed by atoms with E-state index < -0.39 is 5.60 Å². The molecule has 0 aliphatic rings. The monoisotopic (exact) mass is 247 g/mol. The predicted molar refractivity (Wildman–Crippen MR) is 73.1 cm³/mol. The highest BCUT2D eigenvalue weighted by atomic mass is 16.3. The molecule has 0 aliphatic heterocycles. The van der Waals surface area contributed by atoms with Gasteiger partial charge in [0.2, 0.25) is 0 Å². The summed E-state index contributed by atoms with van der Waals surface area (Å²) in [6.45, 7) is 8.61. The minimum Gasteiger partial charge on any atom is -0.375 e. The molecular formula is C15H21NO2. The van der Waals surface area contributed by atoms with E-state index in [0.29, 0.717) is 18.7 Å². The second-order valence-electron chi connectivity index (χ2n) is 4.20. The Balaban J connectivity index is 3.15. The summed E-state index contributed by atoms with van der Waals surface area (Å²) in [7, 11) is 0. The Hall–Kier alpha value is -1.61. The molecule has 0 saturated carbocycles. The summed E-state index contributed by atoms with van der Waals surface area (Å²) in [5.41, 5.74) is -0.892. The second kappa shape index (κ2) is 6.36. The van der Waals surface area contributed by atoms with E-state index in [1.165, 1.54) is 0 Å². The van der Waals surface area contributed by atoms with Crippen molar-refractivity contribution in [2.75, 3.05) is 13.1 Å². The number of nitrogens with zero attached hydrogens (tertiary/aromatic N) is 1. The number of hydrogen-bond acceptors (Lipinski definition) is 2. The van der Waals surface area contributed by atoms with Crippen molar-refractivity contribution in [2.45, 2.75) is 25.9 Å². The van der Waals surface area contributed by atoms with Gasteiger partial charge >= 0.3 is 0 Å². The van der Waals surface area contributed by atoms with Gasteiger partial charge in [0, 0.05) is 19.5 Å². The van der Waals surface area contributed by atoms with Crippen LogP contribution in [0.5, 0.6) is 0 Å². The number of aliphatic hydroxyl groups is 1. The minimum absolute atomic E-state index is 0.215. The molecule has 0 spiro atoms. The quantitative estimate of drug-likeness (QED) is 0.784. The van der Waals surface area contributed by atoms with Crippen LogP contribution in [0.15, 0.2) is 43.0 Å². The van der Waals surface area contributed by atoms with Crippen molar-refractivity contribution in [3.05, 3.63) is 48.6 Å². The number of likely N-dealkylation sites (N-methyl/N-ethyl adjacent to an activating group) is 1. The molecule has 1 atom stereocenters. The number of carbonyl (C=O) groups excluding carboxylic acids is 1. The lowest BCUT2D eigenvalue weighted by atomic mass is 9.89. The van der Waals surface area contributed by atoms with Crippen molar-refractivity contribution >= 4 is 5.91 Å². The van der Waals surface area contributed by atoms with Crippen LogP contribution in [0.25, 0.3) is 0 Å². The normalized spacial score (nSPS) is 13.7. The first-order valence-electron chi connectivity index (χ1n) is 6.28. The van der Waals surface area contributed by atoms with E-state index in [1.54, 1.807) is 23.1 Å². The molecule has 0 bridgehead atoms. The minimum atomic E-state index is -1.50. The molecule has 18 heavy (non-hydrogen) atoms. The molecule has 1 amide bonds. The van der Waals surface area contributed by atoms with E-state index in [9.17, 15) is 9.90 Å². The van der Waals surface area contributed by atoms with Crippen LogP contribution < -0.4 is 0 Å². The molecule has 1 rings (SSSR count). The van der Waals surface area contributed by atoms with E-state index in [4.69, 9.17) is 0 Å². The lowest BCUT2D eigenvalue weighted by Gasteiger charge is -2.32. The molecule has 1 aromatic rings. The van der Waals surface area contributed by atoms with Crippen molar-refractivity contribution in [3.63, 3.8) is 0 Å². The highest BCUT2D eigenvalue weighted by Gasteiger charge is 2.38. The van der Waals surface area contributed by atoms with Gasteiger partial charge in [-0.05, 0) is 19.4 Å². The zero-order valence-corrected chi connectivity index (χ0v) is 11.1. The maximum Gasteiger partial charge on any atom is 0.259 e. The van der Waals surface area contributed by atoms with Gasteiger partial charge in [0.05, 0.1) is 0 Å². The fourth-order valence-electron chi connectivity index (χ4n) is 2.02. The molecule has 0 radical (unpaired) electrons. The first kappa shape index (κ1) is 14.5. The summed E-state index contributed by atoms with van der Waals surface area (Å²) < 4.78 is 0. The molecule has 3 heteroatoms. The smallest absolute Gasteiger partial charge is 0.259 e. The Bertz CT molecular complexity index is 398. The molecular weight excluding hydrogens is 226 g/mol. The van der Waals surface area contributed by atoms with Crippen LogP contribution in [-0.2, 0) is 10.4 Å². The van der Waals surface area contributed by atoms with E-state index in [-0.39, 0.29) is 12.3 Å².